The summed E-state index contributed by atoms with van der Waals surface area (Å²) in [4.78, 5) is 6.72. The Bertz CT molecular complexity index is 410. The minimum Gasteiger partial charge on any atom is -0.368 e. The van der Waals surface area contributed by atoms with Crippen LogP contribution in [0.3, 0.4) is 0 Å². The highest BCUT2D eigenvalue weighted by atomic mass is 15.2. The summed E-state index contributed by atoms with van der Waals surface area (Å²) in [6.45, 7) is 7.85. The Morgan fingerprint density at radius 3 is 2.59 bits per heavy atom. The van der Waals surface area contributed by atoms with E-state index in [0.29, 0.717) is 0 Å². The zero-order valence-corrected chi connectivity index (χ0v) is 10.4. The summed E-state index contributed by atoms with van der Waals surface area (Å²) in [7, 11) is 0. The summed E-state index contributed by atoms with van der Waals surface area (Å²) in [5, 5.41) is 12.4. The molecule has 0 atom stereocenters. The number of pyridine rings is 1. The van der Waals surface area contributed by atoms with Crippen LogP contribution in [-0.4, -0.2) is 31.2 Å². The predicted molar refractivity (Wildman–Crippen MR) is 68.0 cm³/mol. The molecule has 4 heteroatoms. The topological polar surface area (TPSA) is 52.0 Å². The maximum absolute atomic E-state index is 9.06. The Labute approximate surface area is 102 Å². The van der Waals surface area contributed by atoms with Gasteiger partial charge in [-0.2, -0.15) is 5.26 Å². The maximum Gasteiger partial charge on any atom is 0.0937 e. The molecule has 1 N–H and O–H groups in total. The molecule has 0 saturated carbocycles. The van der Waals surface area contributed by atoms with Gasteiger partial charge in [0.05, 0.1) is 29.1 Å². The monoisotopic (exact) mass is 230 g/mol. The normalized spacial score (nSPS) is 16.6. The molecule has 1 aromatic rings. The molecule has 0 unspecified atom stereocenters. The first kappa shape index (κ1) is 11.9. The summed E-state index contributed by atoms with van der Waals surface area (Å²) < 4.78 is 0. The zero-order chi connectivity index (χ0) is 12.3. The Kier molecular flexibility index (Phi) is 3.30. The fourth-order valence-corrected chi connectivity index (χ4v) is 1.92. The Morgan fingerprint density at radius 2 is 2.06 bits per heavy atom. The lowest BCUT2D eigenvalue weighted by molar-refractivity contribution is 0.587. The highest BCUT2D eigenvalue weighted by Crippen LogP contribution is 2.22. The van der Waals surface area contributed by atoms with Crippen LogP contribution in [0.5, 0.6) is 0 Å². The third-order valence-electron chi connectivity index (χ3n) is 3.15. The van der Waals surface area contributed by atoms with Crippen molar-refractivity contribution in [1.29, 1.82) is 5.26 Å². The van der Waals surface area contributed by atoms with Crippen molar-refractivity contribution in [2.24, 2.45) is 0 Å². The Morgan fingerprint density at radius 1 is 1.35 bits per heavy atom. The van der Waals surface area contributed by atoms with Gasteiger partial charge in [0, 0.05) is 26.2 Å². The third kappa shape index (κ3) is 2.56. The number of rotatable bonds is 2. The second-order valence-electron chi connectivity index (χ2n) is 4.88. The molecule has 0 amide bonds. The summed E-state index contributed by atoms with van der Waals surface area (Å²) in [5.74, 6) is 0. The van der Waals surface area contributed by atoms with E-state index in [1.807, 2.05) is 26.1 Å². The van der Waals surface area contributed by atoms with Crippen LogP contribution in [-0.2, 0) is 5.41 Å². The highest BCUT2D eigenvalue weighted by molar-refractivity contribution is 5.46. The van der Waals surface area contributed by atoms with Crippen molar-refractivity contribution < 1.29 is 0 Å². The highest BCUT2D eigenvalue weighted by Gasteiger charge is 2.21. The molecule has 0 spiro atoms. The quantitative estimate of drug-likeness (QED) is 0.832. The molecule has 1 aromatic heterocycles. The number of nitrogens with one attached hydrogen (secondary N) is 1. The van der Waals surface area contributed by atoms with Gasteiger partial charge in [-0.1, -0.05) is 0 Å². The van der Waals surface area contributed by atoms with Gasteiger partial charge in [-0.3, -0.25) is 4.98 Å². The number of hydrogen-bond donors (Lipinski definition) is 1. The van der Waals surface area contributed by atoms with Crippen molar-refractivity contribution in [3.05, 3.63) is 24.0 Å². The lowest BCUT2D eigenvalue weighted by atomic mass is 9.91. The molecular weight excluding hydrogens is 212 g/mol. The van der Waals surface area contributed by atoms with E-state index in [1.54, 1.807) is 0 Å². The molecule has 1 fully saturated rings. The molecule has 1 saturated heterocycles. The molecule has 2 rings (SSSR count). The summed E-state index contributed by atoms with van der Waals surface area (Å²) in [5.41, 5.74) is 1.46. The molecule has 17 heavy (non-hydrogen) atoms. The molecule has 90 valence electrons. The van der Waals surface area contributed by atoms with Crippen LogP contribution in [0.1, 0.15) is 19.5 Å². The van der Waals surface area contributed by atoms with Crippen molar-refractivity contribution in [1.82, 2.24) is 10.3 Å². The molecule has 4 nitrogen and oxygen atoms in total. The van der Waals surface area contributed by atoms with E-state index in [-0.39, 0.29) is 0 Å². The minimum atomic E-state index is -0.512. The maximum atomic E-state index is 9.06. The van der Waals surface area contributed by atoms with E-state index < -0.39 is 5.41 Å². The number of nitriles is 1. The second-order valence-corrected chi connectivity index (χ2v) is 4.88. The summed E-state index contributed by atoms with van der Waals surface area (Å²) >= 11 is 0. The van der Waals surface area contributed by atoms with E-state index in [9.17, 15) is 0 Å². The lowest BCUT2D eigenvalue weighted by Gasteiger charge is -2.29. The predicted octanol–water partition coefficient (Wildman–Crippen LogP) is 1.29. The van der Waals surface area contributed by atoms with Crippen molar-refractivity contribution in [3.63, 3.8) is 0 Å². The number of anilines is 1. The van der Waals surface area contributed by atoms with Crippen molar-refractivity contribution in [2.75, 3.05) is 31.1 Å². The first-order chi connectivity index (χ1) is 8.13. The van der Waals surface area contributed by atoms with Crippen LogP contribution in [0.2, 0.25) is 0 Å². The van der Waals surface area contributed by atoms with Crippen LogP contribution in [0.25, 0.3) is 0 Å². The average Bonchev–Trinajstić information content (AvgIpc) is 2.40. The van der Waals surface area contributed by atoms with Gasteiger partial charge in [-0.25, -0.2) is 0 Å². The van der Waals surface area contributed by atoms with Gasteiger partial charge in [0.25, 0.3) is 0 Å². The van der Waals surface area contributed by atoms with E-state index in [1.165, 1.54) is 0 Å². The van der Waals surface area contributed by atoms with Crippen molar-refractivity contribution >= 4 is 5.69 Å². The van der Waals surface area contributed by atoms with E-state index >= 15 is 0 Å². The van der Waals surface area contributed by atoms with E-state index in [2.05, 4.69) is 27.3 Å². The first-order valence-corrected chi connectivity index (χ1v) is 5.97. The molecule has 0 aliphatic carbocycles. The molecule has 1 aliphatic heterocycles. The van der Waals surface area contributed by atoms with Crippen LogP contribution >= 0.6 is 0 Å². The molecular formula is C13H18N4. The average molecular weight is 230 g/mol. The summed E-state index contributed by atoms with van der Waals surface area (Å²) in [6, 6.07) is 6.29. The van der Waals surface area contributed by atoms with Gasteiger partial charge in [-0.05, 0) is 26.0 Å². The number of aromatic nitrogens is 1. The fraction of sp³-hybridized carbons (Fsp3) is 0.538. The SMILES string of the molecule is CC(C)(C#N)c1ccc(N2CCNCC2)cn1. The summed E-state index contributed by atoms with van der Waals surface area (Å²) in [6.07, 6.45) is 1.87. The standard InChI is InChI=1S/C13H18N4/c1-13(2,10-14)12-4-3-11(9-16-12)17-7-5-15-6-8-17/h3-4,9,15H,5-8H2,1-2H3. The van der Waals surface area contributed by atoms with Gasteiger partial charge in [0.2, 0.25) is 0 Å². The van der Waals surface area contributed by atoms with Crippen molar-refractivity contribution in [2.45, 2.75) is 19.3 Å². The van der Waals surface area contributed by atoms with Gasteiger partial charge in [0.1, 0.15) is 0 Å². The Hall–Kier alpha value is -1.60. The second kappa shape index (κ2) is 4.72. The van der Waals surface area contributed by atoms with Gasteiger partial charge < -0.3 is 10.2 Å². The van der Waals surface area contributed by atoms with Crippen LogP contribution < -0.4 is 10.2 Å². The first-order valence-electron chi connectivity index (χ1n) is 5.97. The zero-order valence-electron chi connectivity index (χ0n) is 10.4. The van der Waals surface area contributed by atoms with Gasteiger partial charge in [-0.15, -0.1) is 0 Å². The van der Waals surface area contributed by atoms with E-state index in [4.69, 9.17) is 5.26 Å². The van der Waals surface area contributed by atoms with E-state index in [0.717, 1.165) is 37.6 Å². The molecule has 1 aliphatic rings. The number of hydrogen-bond acceptors (Lipinski definition) is 4. The van der Waals surface area contributed by atoms with Crippen LogP contribution in [0.15, 0.2) is 18.3 Å². The lowest BCUT2D eigenvalue weighted by Crippen LogP contribution is -2.43. The van der Waals surface area contributed by atoms with Crippen LogP contribution in [0, 0.1) is 11.3 Å². The Balaban J connectivity index is 2.15. The largest absolute Gasteiger partial charge is 0.368 e. The number of piperazine rings is 1. The fourth-order valence-electron chi connectivity index (χ4n) is 1.92. The smallest absolute Gasteiger partial charge is 0.0937 e. The molecule has 0 bridgehead atoms. The number of nitrogens with zero attached hydrogens (tertiary/aromatic N) is 3. The van der Waals surface area contributed by atoms with Crippen molar-refractivity contribution in [3.8, 4) is 6.07 Å². The van der Waals surface area contributed by atoms with Crippen LogP contribution in [0.4, 0.5) is 5.69 Å². The van der Waals surface area contributed by atoms with Gasteiger partial charge in [0.15, 0.2) is 0 Å². The molecule has 2 heterocycles. The molecule has 0 radical (unpaired) electrons. The minimum absolute atomic E-state index is 0.512. The van der Waals surface area contributed by atoms with Gasteiger partial charge >= 0.3 is 0 Å². The third-order valence-corrected chi connectivity index (χ3v) is 3.15. The molecule has 0 aromatic carbocycles.